The van der Waals surface area contributed by atoms with Crippen LogP contribution in [0, 0.1) is 0 Å². The van der Waals surface area contributed by atoms with Gasteiger partial charge in [-0.1, -0.05) is 23.7 Å². The van der Waals surface area contributed by atoms with E-state index in [4.69, 9.17) is 17.3 Å². The highest BCUT2D eigenvalue weighted by molar-refractivity contribution is 6.33. The Balaban J connectivity index is 1.62. The first-order valence-corrected chi connectivity index (χ1v) is 8.25. The summed E-state index contributed by atoms with van der Waals surface area (Å²) in [6.45, 7) is 3.63. The first-order chi connectivity index (χ1) is 11.8. The summed E-state index contributed by atoms with van der Waals surface area (Å²) in [5, 5.41) is 0.0270. The highest BCUT2D eigenvalue weighted by atomic mass is 35.5. The number of aromatic nitrogens is 1. The van der Waals surface area contributed by atoms with Crippen LogP contribution in [0.2, 0.25) is 5.02 Å². The molecule has 1 aliphatic rings. The van der Waals surface area contributed by atoms with Crippen molar-refractivity contribution in [3.05, 3.63) is 52.7 Å². The maximum atomic E-state index is 12.7. The summed E-state index contributed by atoms with van der Waals surface area (Å²) < 4.78 is 38.1. The smallest absolute Gasteiger partial charge is 0.399 e. The van der Waals surface area contributed by atoms with E-state index in [1.165, 1.54) is 0 Å². The molecule has 8 heteroatoms. The Kier molecular flexibility index (Phi) is 5.06. The zero-order valence-corrected chi connectivity index (χ0v) is 14.2. The van der Waals surface area contributed by atoms with Gasteiger partial charge in [0.1, 0.15) is 5.82 Å². The topological polar surface area (TPSA) is 45.4 Å². The minimum Gasteiger partial charge on any atom is -0.399 e. The number of nitrogen functional groups attached to an aromatic ring is 1. The fourth-order valence-corrected chi connectivity index (χ4v) is 3.17. The molecule has 4 nitrogen and oxygen atoms in total. The first-order valence-electron chi connectivity index (χ1n) is 7.87. The zero-order chi connectivity index (χ0) is 18.0. The molecule has 2 aromatic rings. The molecule has 0 bridgehead atoms. The summed E-state index contributed by atoms with van der Waals surface area (Å²) in [4.78, 5) is 8.11. The van der Waals surface area contributed by atoms with Crippen LogP contribution in [0.3, 0.4) is 0 Å². The first kappa shape index (κ1) is 17.8. The van der Waals surface area contributed by atoms with E-state index in [9.17, 15) is 13.2 Å². The maximum Gasteiger partial charge on any atom is 0.417 e. The molecule has 2 N–H and O–H groups in total. The van der Waals surface area contributed by atoms with E-state index in [0.717, 1.165) is 43.1 Å². The van der Waals surface area contributed by atoms with Gasteiger partial charge in [0.2, 0.25) is 0 Å². The molecule has 134 valence electrons. The Morgan fingerprint density at radius 3 is 2.44 bits per heavy atom. The number of hydrogen-bond acceptors (Lipinski definition) is 4. The third kappa shape index (κ3) is 4.35. The van der Waals surface area contributed by atoms with Crippen LogP contribution in [0.5, 0.6) is 0 Å². The van der Waals surface area contributed by atoms with Crippen molar-refractivity contribution in [1.82, 2.24) is 9.88 Å². The van der Waals surface area contributed by atoms with Crippen LogP contribution in [-0.2, 0) is 12.7 Å². The molecule has 1 aromatic carbocycles. The van der Waals surface area contributed by atoms with Crippen molar-refractivity contribution < 1.29 is 13.2 Å². The lowest BCUT2D eigenvalue weighted by molar-refractivity contribution is -0.137. The standard InChI is InChI=1S/C17H18ClF3N4/c18-15-9-13(17(19,20)21)10-23-16(15)25-6-4-24(5-7-25)11-12-2-1-3-14(22)8-12/h1-3,8-10H,4-7,11,22H2. The SMILES string of the molecule is Nc1cccc(CN2CCN(c3ncc(C(F)(F)F)cc3Cl)CC2)c1. The zero-order valence-electron chi connectivity index (χ0n) is 13.4. The lowest BCUT2D eigenvalue weighted by Crippen LogP contribution is -2.46. The third-order valence-corrected chi connectivity index (χ3v) is 4.46. The Labute approximate surface area is 149 Å². The molecule has 0 unspecified atom stereocenters. The number of benzene rings is 1. The molecule has 1 saturated heterocycles. The third-order valence-electron chi connectivity index (χ3n) is 4.18. The van der Waals surface area contributed by atoms with E-state index >= 15 is 0 Å². The van der Waals surface area contributed by atoms with Gasteiger partial charge < -0.3 is 10.6 Å². The molecule has 0 atom stereocenters. The lowest BCUT2D eigenvalue weighted by Gasteiger charge is -2.35. The molecule has 1 aliphatic heterocycles. The van der Waals surface area contributed by atoms with Gasteiger partial charge in [0.15, 0.2) is 0 Å². The molecule has 0 radical (unpaired) electrons. The van der Waals surface area contributed by atoms with Crippen molar-refractivity contribution in [3.8, 4) is 0 Å². The van der Waals surface area contributed by atoms with Gasteiger partial charge >= 0.3 is 6.18 Å². The van der Waals surface area contributed by atoms with Gasteiger partial charge in [0, 0.05) is 44.6 Å². The summed E-state index contributed by atoms with van der Waals surface area (Å²) in [5.41, 5.74) is 6.83. The predicted octanol–water partition coefficient (Wildman–Crippen LogP) is 3.66. The van der Waals surface area contributed by atoms with Crippen LogP contribution in [0.4, 0.5) is 24.7 Å². The number of rotatable bonds is 3. The Hall–Kier alpha value is -1.99. The van der Waals surface area contributed by atoms with Crippen LogP contribution in [-0.4, -0.2) is 36.1 Å². The molecule has 0 spiro atoms. The summed E-state index contributed by atoms with van der Waals surface area (Å²) in [7, 11) is 0. The highest BCUT2D eigenvalue weighted by Gasteiger charge is 2.32. The second kappa shape index (κ2) is 7.09. The summed E-state index contributed by atoms with van der Waals surface area (Å²) in [6.07, 6.45) is -3.61. The van der Waals surface area contributed by atoms with E-state index < -0.39 is 11.7 Å². The average molecular weight is 371 g/mol. The fourth-order valence-electron chi connectivity index (χ4n) is 2.89. The second-order valence-electron chi connectivity index (χ2n) is 6.04. The van der Waals surface area contributed by atoms with Crippen LogP contribution < -0.4 is 10.6 Å². The van der Waals surface area contributed by atoms with Crippen molar-refractivity contribution in [2.24, 2.45) is 0 Å². The van der Waals surface area contributed by atoms with E-state index in [-0.39, 0.29) is 5.02 Å². The number of anilines is 2. The number of pyridine rings is 1. The number of hydrogen-bond donors (Lipinski definition) is 1. The van der Waals surface area contributed by atoms with E-state index in [1.807, 2.05) is 29.2 Å². The molecule has 1 fully saturated rings. The molecule has 3 rings (SSSR count). The van der Waals surface area contributed by atoms with Gasteiger partial charge in [-0.05, 0) is 23.8 Å². The molecule has 2 heterocycles. The maximum absolute atomic E-state index is 12.7. The normalized spacial score (nSPS) is 16.2. The second-order valence-corrected chi connectivity index (χ2v) is 6.44. The fraction of sp³-hybridized carbons (Fsp3) is 0.353. The largest absolute Gasteiger partial charge is 0.417 e. The van der Waals surface area contributed by atoms with Gasteiger partial charge in [-0.3, -0.25) is 4.90 Å². The van der Waals surface area contributed by atoms with Crippen LogP contribution in [0.25, 0.3) is 0 Å². The van der Waals surface area contributed by atoms with Crippen molar-refractivity contribution in [3.63, 3.8) is 0 Å². The number of alkyl halides is 3. The molecular formula is C17H18ClF3N4. The Bertz CT molecular complexity index is 743. The van der Waals surface area contributed by atoms with Crippen LogP contribution in [0.1, 0.15) is 11.1 Å². The van der Waals surface area contributed by atoms with Crippen LogP contribution >= 0.6 is 11.6 Å². The molecule has 25 heavy (non-hydrogen) atoms. The number of nitrogens with zero attached hydrogens (tertiary/aromatic N) is 3. The van der Waals surface area contributed by atoms with Crippen LogP contribution in [0.15, 0.2) is 36.5 Å². The van der Waals surface area contributed by atoms with Crippen molar-refractivity contribution in [2.45, 2.75) is 12.7 Å². The summed E-state index contributed by atoms with van der Waals surface area (Å²) in [6, 6.07) is 8.67. The van der Waals surface area contributed by atoms with Gasteiger partial charge in [-0.2, -0.15) is 13.2 Å². The number of halogens is 4. The molecular weight excluding hydrogens is 353 g/mol. The molecule has 0 aliphatic carbocycles. The summed E-state index contributed by atoms with van der Waals surface area (Å²) >= 11 is 6.02. The minimum absolute atomic E-state index is 0.0270. The monoisotopic (exact) mass is 370 g/mol. The van der Waals surface area contributed by atoms with E-state index in [0.29, 0.717) is 18.9 Å². The van der Waals surface area contributed by atoms with Gasteiger partial charge in [0.25, 0.3) is 0 Å². The van der Waals surface area contributed by atoms with E-state index in [1.54, 1.807) is 0 Å². The van der Waals surface area contributed by atoms with Crippen molar-refractivity contribution in [2.75, 3.05) is 36.8 Å². The quantitative estimate of drug-likeness (QED) is 0.837. The molecule has 1 aromatic heterocycles. The van der Waals surface area contributed by atoms with Gasteiger partial charge in [-0.25, -0.2) is 4.98 Å². The van der Waals surface area contributed by atoms with E-state index in [2.05, 4.69) is 9.88 Å². The Morgan fingerprint density at radius 2 is 1.84 bits per heavy atom. The predicted molar refractivity (Wildman–Crippen MR) is 92.6 cm³/mol. The van der Waals surface area contributed by atoms with Crippen molar-refractivity contribution >= 4 is 23.1 Å². The number of piperazine rings is 1. The Morgan fingerprint density at radius 1 is 1.12 bits per heavy atom. The molecule has 0 amide bonds. The average Bonchev–Trinajstić information content (AvgIpc) is 2.55. The van der Waals surface area contributed by atoms with Crippen molar-refractivity contribution in [1.29, 1.82) is 0 Å². The lowest BCUT2D eigenvalue weighted by atomic mass is 10.1. The minimum atomic E-state index is -4.44. The summed E-state index contributed by atoms with van der Waals surface area (Å²) in [5.74, 6) is 0.401. The number of nitrogens with two attached hydrogens (primary N) is 1. The van der Waals surface area contributed by atoms with Gasteiger partial charge in [0.05, 0.1) is 10.6 Å². The van der Waals surface area contributed by atoms with Gasteiger partial charge in [-0.15, -0.1) is 0 Å². The molecule has 0 saturated carbocycles. The highest BCUT2D eigenvalue weighted by Crippen LogP contribution is 2.33.